The maximum atomic E-state index is 5.21. The van der Waals surface area contributed by atoms with E-state index in [1.165, 1.54) is 0 Å². The van der Waals surface area contributed by atoms with Crippen molar-refractivity contribution < 1.29 is 0 Å². The fraction of sp³-hybridized carbons (Fsp3) is 0. The molecule has 0 bridgehead atoms. The molecule has 0 aromatic rings. The first-order valence-electron chi connectivity index (χ1n) is 3.90. The third kappa shape index (κ3) is 9.02. The van der Waals surface area contributed by atoms with Gasteiger partial charge in [0.1, 0.15) is 0 Å². The molecule has 18 heteroatoms. The van der Waals surface area contributed by atoms with Gasteiger partial charge in [-0.05, 0) is 27.9 Å². The molecular weight excluding hydrogens is 542 g/mol. The van der Waals surface area contributed by atoms with Crippen molar-refractivity contribution in [2.24, 2.45) is 4.13 Å². The van der Waals surface area contributed by atoms with Gasteiger partial charge in [0.05, 0.1) is 7.45 Å². The van der Waals surface area contributed by atoms with Gasteiger partial charge >= 0.3 is 0 Å². The van der Waals surface area contributed by atoms with Gasteiger partial charge in [-0.1, -0.05) is 7.96 Å². The van der Waals surface area contributed by atoms with Crippen LogP contribution in [0.25, 0.3) is 0 Å². The highest BCUT2D eigenvalue weighted by molar-refractivity contribution is 9.25. The van der Waals surface area contributed by atoms with Gasteiger partial charge in [-0.3, -0.25) is 0 Å². The van der Waals surface area contributed by atoms with E-state index in [0.29, 0.717) is 0 Å². The van der Waals surface area contributed by atoms with Crippen LogP contribution in [0.2, 0.25) is 0 Å². The summed E-state index contributed by atoms with van der Waals surface area (Å²) in [6, 6.07) is 0. The van der Waals surface area contributed by atoms with Gasteiger partial charge < -0.3 is 0 Å². The highest BCUT2D eigenvalue weighted by atomic mass is 33.3. The van der Waals surface area contributed by atoms with Crippen LogP contribution >= 0.6 is 129 Å². The van der Waals surface area contributed by atoms with E-state index in [1.807, 2.05) is 0 Å². The molecule has 0 radical (unpaired) electrons. The Morgan fingerprint density at radius 2 is 1.17 bits per heavy atom. The average molecular weight is 559 g/mol. The van der Waals surface area contributed by atoms with Gasteiger partial charge in [-0.2, -0.15) is 4.13 Å². The maximum Gasteiger partial charge on any atom is 0.0989 e. The lowest BCUT2D eigenvalue weighted by Crippen LogP contribution is -1.56. The maximum absolute atomic E-state index is 5.21. The Hall–Kier alpha value is 6.90. The van der Waals surface area contributed by atoms with Gasteiger partial charge in [0.25, 0.3) is 0 Å². The van der Waals surface area contributed by atoms with Crippen molar-refractivity contribution in [3.63, 3.8) is 0 Å². The highest BCUT2D eigenvalue weighted by Gasteiger charge is 2.38. The molecule has 0 aliphatic heterocycles. The van der Waals surface area contributed by atoms with Gasteiger partial charge in [-0.15, -0.1) is 71.4 Å². The van der Waals surface area contributed by atoms with Crippen LogP contribution in [0.1, 0.15) is 0 Å². The molecule has 12 unspecified atom stereocenters. The van der Waals surface area contributed by atoms with Crippen LogP contribution < -0.4 is 0 Å². The summed E-state index contributed by atoms with van der Waals surface area (Å²) >= 11 is 5.21. The molecular formula is H17NP16S. The van der Waals surface area contributed by atoms with Crippen LogP contribution in [-0.2, 0) is 12.4 Å². The molecule has 0 aliphatic rings. The predicted octanol–water partition coefficient (Wildman–Crippen LogP) is 9.41. The molecule has 12 atom stereocenters. The zero-order valence-electron chi connectivity index (χ0n) is 9.10. The van der Waals surface area contributed by atoms with Crippen LogP contribution in [0.5, 0.6) is 0 Å². The van der Waals surface area contributed by atoms with E-state index in [-0.39, 0.29) is 49.4 Å². The van der Waals surface area contributed by atoms with Crippen molar-refractivity contribution >= 4 is 141 Å². The summed E-state index contributed by atoms with van der Waals surface area (Å²) in [7, 11) is 24.8. The zero-order chi connectivity index (χ0) is 14.5. The summed E-state index contributed by atoms with van der Waals surface area (Å²) in [5, 5.41) is 0. The van der Waals surface area contributed by atoms with E-state index >= 15 is 0 Å². The summed E-state index contributed by atoms with van der Waals surface area (Å²) in [4.78, 5) is 0. The lowest BCUT2D eigenvalue weighted by Gasteiger charge is -2.38. The summed E-state index contributed by atoms with van der Waals surface area (Å²) in [5.74, 6) is 0. The van der Waals surface area contributed by atoms with Gasteiger partial charge in [0.15, 0.2) is 0 Å². The number of rotatable bonds is 8. The monoisotopic (exact) mass is 559 g/mol. The van der Waals surface area contributed by atoms with E-state index in [0.717, 1.165) is 7.96 Å². The van der Waals surface area contributed by atoms with Crippen LogP contribution in [0.3, 0.4) is 0 Å². The van der Waals surface area contributed by atoms with Crippen LogP contribution in [-0.4, -0.2) is 0 Å². The van der Waals surface area contributed by atoms with E-state index in [4.69, 9.17) is 12.4 Å². The number of nitrogens with zero attached hydrogens (tertiary/aromatic N) is 1. The number of hydrogen-bond donors (Lipinski definition) is 0. The molecule has 108 valence electrons. The van der Waals surface area contributed by atoms with Gasteiger partial charge in [-0.25, -0.2) is 0 Å². The molecule has 0 N–H and O–H groups in total. The molecule has 0 rings (SSSR count). The standard InChI is InChI=1S/H17NP16S/c2-10-15(9)17(14(7)8)11(1-18)16(12(3)4)13(5)6/h10H,2-9H2. The first kappa shape index (κ1) is 24.9. The van der Waals surface area contributed by atoms with Crippen LogP contribution in [0.15, 0.2) is 4.13 Å². The minimum atomic E-state index is -0.316. The first-order valence-corrected chi connectivity index (χ1v) is 32.8. The second-order valence-corrected chi connectivity index (χ2v) is 62.8. The molecule has 1 nitrogen and oxygen atoms in total. The summed E-state index contributed by atoms with van der Waals surface area (Å²) < 4.78 is 4.49. The smallest absolute Gasteiger partial charge is 0.0989 e. The van der Waals surface area contributed by atoms with Gasteiger partial charge in [0, 0.05) is 26.4 Å². The van der Waals surface area contributed by atoms with Crippen molar-refractivity contribution in [2.75, 3.05) is 0 Å². The number of hydrogen-bond acceptors (Lipinski definition) is 2. The van der Waals surface area contributed by atoms with E-state index in [9.17, 15) is 0 Å². The molecule has 0 spiro atoms. The summed E-state index contributed by atoms with van der Waals surface area (Å²) in [5.41, 5.74) is 0. The average Bonchev–Trinajstić information content (AvgIpc) is 2.25. The fourth-order valence-corrected chi connectivity index (χ4v) is 150. The lowest BCUT2D eigenvalue weighted by atomic mass is 13.9. The minimum Gasteiger partial charge on any atom is -0.185 e. The van der Waals surface area contributed by atoms with Crippen LogP contribution in [0.4, 0.5) is 0 Å². The Morgan fingerprint density at radius 3 is 1.39 bits per heavy atom. The predicted molar refractivity (Wildman–Crippen MR) is 144 cm³/mol. The van der Waals surface area contributed by atoms with Crippen molar-refractivity contribution in [1.82, 2.24) is 0 Å². The molecule has 0 amide bonds. The second-order valence-electron chi connectivity index (χ2n) is 2.50. The minimum absolute atomic E-state index is 0.0192. The van der Waals surface area contributed by atoms with Gasteiger partial charge in [0.2, 0.25) is 0 Å². The van der Waals surface area contributed by atoms with E-state index in [2.05, 4.69) is 75.6 Å². The molecule has 0 saturated carbocycles. The van der Waals surface area contributed by atoms with E-state index in [1.54, 1.807) is 0 Å². The Labute approximate surface area is 144 Å². The fourth-order valence-electron chi connectivity index (χ4n) is 0.782. The molecule has 0 saturated heterocycles. The largest absolute Gasteiger partial charge is 0.185 e. The van der Waals surface area contributed by atoms with Crippen molar-refractivity contribution in [3.8, 4) is 0 Å². The third-order valence-electron chi connectivity index (χ3n) is 1.34. The Balaban J connectivity index is 5.27. The summed E-state index contributed by atoms with van der Waals surface area (Å²) in [6.07, 6.45) is 0. The van der Waals surface area contributed by atoms with Crippen molar-refractivity contribution in [2.45, 2.75) is 0 Å². The Bertz CT molecular complexity index is 227. The van der Waals surface area contributed by atoms with Crippen molar-refractivity contribution in [1.29, 1.82) is 0 Å². The normalized spacial score (nSPS) is 18.2. The molecule has 0 heterocycles. The third-order valence-corrected chi connectivity index (χ3v) is 95.8. The Morgan fingerprint density at radius 1 is 0.778 bits per heavy atom. The van der Waals surface area contributed by atoms with Crippen molar-refractivity contribution in [3.05, 3.63) is 0 Å². The topological polar surface area (TPSA) is 12.4 Å². The second kappa shape index (κ2) is 14.0. The SMILES string of the molecule is PPP(P)P(P(P)P)P(N=S)P(P(P)P)P(P)P. The quantitative estimate of drug-likeness (QED) is 0.270. The van der Waals surface area contributed by atoms with Crippen LogP contribution in [0, 0.1) is 0 Å². The lowest BCUT2D eigenvalue weighted by molar-refractivity contribution is 2.10. The molecule has 0 aliphatic carbocycles. The Kier molecular flexibility index (Phi) is 19.4. The summed E-state index contributed by atoms with van der Waals surface area (Å²) in [6.45, 7) is -0.299. The zero-order valence-corrected chi connectivity index (χ0v) is 26.4. The highest BCUT2D eigenvalue weighted by Crippen LogP contribution is 3.22. The van der Waals surface area contributed by atoms with E-state index < -0.39 is 0 Å². The molecule has 0 aromatic heterocycles. The molecule has 18 heavy (non-hydrogen) atoms. The molecule has 0 fully saturated rings. The molecule has 0 aromatic carbocycles. The first-order chi connectivity index (χ1) is 8.27.